The maximum atomic E-state index is 13.0. The van der Waals surface area contributed by atoms with Gasteiger partial charge in [-0.1, -0.05) is 24.4 Å². The van der Waals surface area contributed by atoms with Crippen molar-refractivity contribution < 1.29 is 14.1 Å². The van der Waals surface area contributed by atoms with Crippen LogP contribution in [-0.2, 0) is 16.0 Å². The lowest BCUT2D eigenvalue weighted by molar-refractivity contribution is -0.137. The highest BCUT2D eigenvalue weighted by Crippen LogP contribution is 2.43. The summed E-state index contributed by atoms with van der Waals surface area (Å²) in [5, 5.41) is 4.08. The third-order valence-electron chi connectivity index (χ3n) is 6.57. The summed E-state index contributed by atoms with van der Waals surface area (Å²) in [6.45, 7) is 0.609. The highest BCUT2D eigenvalue weighted by molar-refractivity contribution is 5.77. The summed E-state index contributed by atoms with van der Waals surface area (Å²) in [7, 11) is 1.68. The SMILES string of the molecule is COCCc1noc(C2C[C@H]3CC[C@@H](C2)N3C(=O)CC2CCCCC2)n1. The molecule has 3 atom stereocenters. The van der Waals surface area contributed by atoms with E-state index in [1.807, 2.05) is 0 Å². The molecular formula is C20H31N3O3. The molecule has 1 unspecified atom stereocenters. The third kappa shape index (κ3) is 3.80. The number of piperidine rings is 1. The number of nitrogens with zero attached hydrogens (tertiary/aromatic N) is 3. The molecule has 0 radical (unpaired) electrons. The third-order valence-corrected chi connectivity index (χ3v) is 6.57. The van der Waals surface area contributed by atoms with Crippen LogP contribution in [0.2, 0.25) is 0 Å². The van der Waals surface area contributed by atoms with Gasteiger partial charge in [0.2, 0.25) is 11.8 Å². The number of methoxy groups -OCH3 is 1. The fourth-order valence-electron chi connectivity index (χ4n) is 5.26. The molecule has 3 heterocycles. The zero-order valence-corrected chi connectivity index (χ0v) is 15.9. The predicted octanol–water partition coefficient (Wildman–Crippen LogP) is 3.47. The van der Waals surface area contributed by atoms with Gasteiger partial charge in [0.05, 0.1) is 6.61 Å². The summed E-state index contributed by atoms with van der Waals surface area (Å²) >= 11 is 0. The second kappa shape index (κ2) is 8.07. The summed E-state index contributed by atoms with van der Waals surface area (Å²) in [6.07, 6.45) is 12.1. The number of hydrogen-bond acceptors (Lipinski definition) is 5. The number of aromatic nitrogens is 2. The Morgan fingerprint density at radius 2 is 1.88 bits per heavy atom. The number of fused-ring (bicyclic) bond motifs is 2. The average molecular weight is 361 g/mol. The van der Waals surface area contributed by atoms with Gasteiger partial charge in [0.25, 0.3) is 0 Å². The minimum absolute atomic E-state index is 0.301. The van der Waals surface area contributed by atoms with E-state index in [1.165, 1.54) is 32.1 Å². The van der Waals surface area contributed by atoms with Crippen molar-refractivity contribution in [1.29, 1.82) is 0 Å². The summed E-state index contributed by atoms with van der Waals surface area (Å²) in [5.74, 6) is 2.80. The molecule has 4 rings (SSSR count). The van der Waals surface area contributed by atoms with Crippen LogP contribution in [-0.4, -0.2) is 46.7 Å². The Labute approximate surface area is 155 Å². The van der Waals surface area contributed by atoms with Crippen LogP contribution >= 0.6 is 0 Å². The molecule has 6 nitrogen and oxygen atoms in total. The van der Waals surface area contributed by atoms with E-state index >= 15 is 0 Å². The van der Waals surface area contributed by atoms with Crippen LogP contribution in [0.15, 0.2) is 4.52 Å². The van der Waals surface area contributed by atoms with Gasteiger partial charge in [-0.25, -0.2) is 0 Å². The van der Waals surface area contributed by atoms with Crippen LogP contribution < -0.4 is 0 Å². The van der Waals surface area contributed by atoms with Crippen LogP contribution in [0, 0.1) is 5.92 Å². The molecule has 1 saturated carbocycles. The van der Waals surface area contributed by atoms with E-state index in [1.54, 1.807) is 7.11 Å². The standard InChI is InChI=1S/C20H31N3O3/c1-25-10-9-18-21-20(26-22-18)15-12-16-7-8-17(13-15)23(16)19(24)11-14-5-3-2-4-6-14/h14-17H,2-13H2,1H3/t15?,16-,17+. The fraction of sp³-hybridized carbons (Fsp3) is 0.850. The minimum Gasteiger partial charge on any atom is -0.384 e. The lowest BCUT2D eigenvalue weighted by Crippen LogP contribution is -2.46. The van der Waals surface area contributed by atoms with Gasteiger partial charge in [0.15, 0.2) is 5.82 Å². The maximum absolute atomic E-state index is 13.0. The molecule has 2 saturated heterocycles. The summed E-state index contributed by atoms with van der Waals surface area (Å²) in [6, 6.07) is 0.730. The molecule has 26 heavy (non-hydrogen) atoms. The van der Waals surface area contributed by atoms with E-state index in [9.17, 15) is 4.79 Å². The largest absolute Gasteiger partial charge is 0.384 e. The number of amides is 1. The normalized spacial score (nSPS) is 29.3. The quantitative estimate of drug-likeness (QED) is 0.776. The zero-order chi connectivity index (χ0) is 17.9. The molecule has 0 spiro atoms. The maximum Gasteiger partial charge on any atom is 0.229 e. The Balaban J connectivity index is 1.36. The first-order chi connectivity index (χ1) is 12.7. The lowest BCUT2D eigenvalue weighted by atomic mass is 9.85. The van der Waals surface area contributed by atoms with Crippen molar-refractivity contribution in [3.05, 3.63) is 11.7 Å². The number of rotatable bonds is 6. The summed E-state index contributed by atoms with van der Waals surface area (Å²) < 4.78 is 10.6. The van der Waals surface area contributed by atoms with Crippen LogP contribution in [0.25, 0.3) is 0 Å². The molecule has 2 aliphatic heterocycles. The van der Waals surface area contributed by atoms with Gasteiger partial charge in [-0.05, 0) is 44.4 Å². The number of carbonyl (C=O) groups excluding carboxylic acids is 1. The van der Waals surface area contributed by atoms with E-state index in [-0.39, 0.29) is 0 Å². The smallest absolute Gasteiger partial charge is 0.229 e. The highest BCUT2D eigenvalue weighted by atomic mass is 16.5. The molecule has 3 aliphatic rings. The van der Waals surface area contributed by atoms with E-state index in [2.05, 4.69) is 15.0 Å². The molecular weight excluding hydrogens is 330 g/mol. The topological polar surface area (TPSA) is 68.5 Å². The number of ether oxygens (including phenoxy) is 1. The first-order valence-corrected chi connectivity index (χ1v) is 10.4. The molecule has 1 aromatic heterocycles. The Morgan fingerprint density at radius 1 is 1.15 bits per heavy atom. The van der Waals surface area contributed by atoms with Gasteiger partial charge in [-0.2, -0.15) is 4.98 Å². The molecule has 6 heteroatoms. The van der Waals surface area contributed by atoms with Crippen LogP contribution in [0.3, 0.4) is 0 Å². The van der Waals surface area contributed by atoms with Crippen molar-refractivity contribution in [3.8, 4) is 0 Å². The van der Waals surface area contributed by atoms with Gasteiger partial charge in [-0.15, -0.1) is 0 Å². The lowest BCUT2D eigenvalue weighted by Gasteiger charge is -2.38. The molecule has 0 aromatic carbocycles. The van der Waals surface area contributed by atoms with Crippen LogP contribution in [0.5, 0.6) is 0 Å². The van der Waals surface area contributed by atoms with Gasteiger partial charge in [-0.3, -0.25) is 4.79 Å². The van der Waals surface area contributed by atoms with E-state index in [0.29, 0.717) is 42.9 Å². The van der Waals surface area contributed by atoms with Gasteiger partial charge in [0, 0.05) is 38.0 Å². The van der Waals surface area contributed by atoms with Crippen molar-refractivity contribution >= 4 is 5.91 Å². The van der Waals surface area contributed by atoms with Gasteiger partial charge >= 0.3 is 0 Å². The van der Waals surface area contributed by atoms with E-state index in [0.717, 1.165) is 43.8 Å². The Morgan fingerprint density at radius 3 is 2.58 bits per heavy atom. The average Bonchev–Trinajstić information content (AvgIpc) is 3.23. The van der Waals surface area contributed by atoms with Crippen LogP contribution in [0.1, 0.15) is 81.8 Å². The highest BCUT2D eigenvalue weighted by Gasteiger charge is 2.45. The van der Waals surface area contributed by atoms with Gasteiger partial charge < -0.3 is 14.2 Å². The predicted molar refractivity (Wildman–Crippen MR) is 96.7 cm³/mol. The van der Waals surface area contributed by atoms with Crippen LogP contribution in [0.4, 0.5) is 0 Å². The molecule has 1 aromatic rings. The van der Waals surface area contributed by atoms with Crippen molar-refractivity contribution in [2.45, 2.75) is 88.6 Å². The molecule has 0 N–H and O–H groups in total. The second-order valence-corrected chi connectivity index (χ2v) is 8.35. The van der Waals surface area contributed by atoms with Crippen molar-refractivity contribution in [2.24, 2.45) is 5.92 Å². The summed E-state index contributed by atoms with van der Waals surface area (Å²) in [4.78, 5) is 19.8. The molecule has 144 valence electrons. The van der Waals surface area contributed by atoms with E-state index in [4.69, 9.17) is 9.26 Å². The Hall–Kier alpha value is -1.43. The second-order valence-electron chi connectivity index (χ2n) is 8.35. The zero-order valence-electron chi connectivity index (χ0n) is 15.9. The molecule has 1 aliphatic carbocycles. The first-order valence-electron chi connectivity index (χ1n) is 10.4. The summed E-state index contributed by atoms with van der Waals surface area (Å²) in [5.41, 5.74) is 0. The Bertz CT molecular complexity index is 597. The molecule has 2 bridgehead atoms. The molecule has 1 amide bonds. The number of hydrogen-bond donors (Lipinski definition) is 0. The van der Waals surface area contributed by atoms with Crippen molar-refractivity contribution in [2.75, 3.05) is 13.7 Å². The first kappa shape index (κ1) is 18.0. The Kier molecular flexibility index (Phi) is 5.57. The van der Waals surface area contributed by atoms with Crippen molar-refractivity contribution in [1.82, 2.24) is 15.0 Å². The molecule has 3 fully saturated rings. The van der Waals surface area contributed by atoms with E-state index < -0.39 is 0 Å². The van der Waals surface area contributed by atoms with Crippen molar-refractivity contribution in [3.63, 3.8) is 0 Å². The minimum atomic E-state index is 0.301. The monoisotopic (exact) mass is 361 g/mol. The van der Waals surface area contributed by atoms with Gasteiger partial charge in [0.1, 0.15) is 0 Å². The fourth-order valence-corrected chi connectivity index (χ4v) is 5.26. The number of carbonyl (C=O) groups is 1.